The standard InChI is InChI=1S/C23H34N2/c1-2-15-24-16-18-25(19-17-24)22-8-4-3-7-21(22)20-9-13-23(14-10-20)11-5-6-12-23/h3-4,7-9H,2,5-6,10-19H2,1H3. The van der Waals surface area contributed by atoms with Gasteiger partial charge in [-0.3, -0.25) is 4.90 Å². The molecule has 0 amide bonds. The van der Waals surface area contributed by atoms with E-state index in [-0.39, 0.29) is 0 Å². The van der Waals surface area contributed by atoms with Crippen molar-refractivity contribution in [2.24, 2.45) is 5.41 Å². The Bertz CT molecular complexity index is 604. The van der Waals surface area contributed by atoms with Gasteiger partial charge >= 0.3 is 0 Å². The average Bonchev–Trinajstić information content (AvgIpc) is 3.11. The molecule has 1 saturated carbocycles. The van der Waals surface area contributed by atoms with Gasteiger partial charge in [0, 0.05) is 37.4 Å². The molecule has 1 aromatic rings. The lowest BCUT2D eigenvalue weighted by molar-refractivity contribution is 0.258. The number of nitrogens with zero attached hydrogens (tertiary/aromatic N) is 2. The molecule has 0 radical (unpaired) electrons. The third-order valence-corrected chi connectivity index (χ3v) is 6.87. The van der Waals surface area contributed by atoms with Gasteiger partial charge < -0.3 is 4.90 Å². The summed E-state index contributed by atoms with van der Waals surface area (Å²) in [5.74, 6) is 0. The first-order chi connectivity index (χ1) is 12.3. The van der Waals surface area contributed by atoms with Crippen LogP contribution in [0.5, 0.6) is 0 Å². The van der Waals surface area contributed by atoms with Crippen LogP contribution in [0.2, 0.25) is 0 Å². The Labute approximate surface area is 153 Å². The summed E-state index contributed by atoms with van der Waals surface area (Å²) >= 11 is 0. The van der Waals surface area contributed by atoms with Crippen molar-refractivity contribution in [3.63, 3.8) is 0 Å². The summed E-state index contributed by atoms with van der Waals surface area (Å²) < 4.78 is 0. The zero-order valence-corrected chi connectivity index (χ0v) is 16.0. The summed E-state index contributed by atoms with van der Waals surface area (Å²) in [4.78, 5) is 5.24. The largest absolute Gasteiger partial charge is 0.368 e. The number of anilines is 1. The van der Waals surface area contributed by atoms with Gasteiger partial charge in [-0.15, -0.1) is 0 Å². The molecule has 1 heterocycles. The molecule has 25 heavy (non-hydrogen) atoms. The number of para-hydroxylation sites is 1. The second-order valence-corrected chi connectivity index (χ2v) is 8.49. The van der Waals surface area contributed by atoms with Crippen LogP contribution >= 0.6 is 0 Å². The van der Waals surface area contributed by atoms with E-state index in [1.54, 1.807) is 5.57 Å². The highest BCUT2D eigenvalue weighted by atomic mass is 15.3. The molecular formula is C23H34N2. The van der Waals surface area contributed by atoms with E-state index < -0.39 is 0 Å². The van der Waals surface area contributed by atoms with Gasteiger partial charge in [-0.2, -0.15) is 0 Å². The molecule has 0 bridgehead atoms. The van der Waals surface area contributed by atoms with Crippen LogP contribution in [0.3, 0.4) is 0 Å². The van der Waals surface area contributed by atoms with Crippen LogP contribution in [0.15, 0.2) is 30.3 Å². The predicted octanol–water partition coefficient (Wildman–Crippen LogP) is 5.35. The van der Waals surface area contributed by atoms with Gasteiger partial charge in [0.25, 0.3) is 0 Å². The molecule has 0 unspecified atom stereocenters. The average molecular weight is 339 g/mol. The second kappa shape index (κ2) is 7.53. The number of rotatable bonds is 4. The van der Waals surface area contributed by atoms with Crippen molar-refractivity contribution in [1.29, 1.82) is 0 Å². The lowest BCUT2D eigenvalue weighted by atomic mass is 9.72. The van der Waals surface area contributed by atoms with Crippen LogP contribution in [0, 0.1) is 5.41 Å². The van der Waals surface area contributed by atoms with Crippen LogP contribution in [0.1, 0.15) is 63.9 Å². The van der Waals surface area contributed by atoms with Gasteiger partial charge in [0.05, 0.1) is 0 Å². The summed E-state index contributed by atoms with van der Waals surface area (Å²) in [5.41, 5.74) is 5.28. The van der Waals surface area contributed by atoms with Crippen molar-refractivity contribution in [3.8, 4) is 0 Å². The molecule has 1 aliphatic heterocycles. The zero-order valence-electron chi connectivity index (χ0n) is 16.0. The molecule has 1 spiro atoms. The van der Waals surface area contributed by atoms with E-state index in [0.29, 0.717) is 5.41 Å². The first-order valence-corrected chi connectivity index (χ1v) is 10.6. The minimum Gasteiger partial charge on any atom is -0.368 e. The Balaban J connectivity index is 1.49. The van der Waals surface area contributed by atoms with Gasteiger partial charge in [0.1, 0.15) is 0 Å². The van der Waals surface area contributed by atoms with Crippen molar-refractivity contribution >= 4 is 11.3 Å². The fourth-order valence-electron chi connectivity index (χ4n) is 5.32. The second-order valence-electron chi connectivity index (χ2n) is 8.49. The van der Waals surface area contributed by atoms with Crippen LogP contribution in [-0.4, -0.2) is 37.6 Å². The molecule has 3 aliphatic rings. The molecule has 1 saturated heterocycles. The molecule has 4 rings (SSSR count). The molecule has 0 N–H and O–H groups in total. The Morgan fingerprint density at radius 3 is 2.40 bits per heavy atom. The molecule has 2 aliphatic carbocycles. The molecule has 0 atom stereocenters. The molecule has 0 aromatic heterocycles. The Morgan fingerprint density at radius 1 is 0.960 bits per heavy atom. The molecule has 136 valence electrons. The van der Waals surface area contributed by atoms with E-state index in [4.69, 9.17) is 0 Å². The van der Waals surface area contributed by atoms with Gasteiger partial charge in [0.2, 0.25) is 0 Å². The van der Waals surface area contributed by atoms with E-state index in [9.17, 15) is 0 Å². The minimum atomic E-state index is 0.671. The van der Waals surface area contributed by atoms with Crippen molar-refractivity contribution in [2.75, 3.05) is 37.6 Å². The van der Waals surface area contributed by atoms with E-state index in [0.717, 1.165) is 0 Å². The fourth-order valence-corrected chi connectivity index (χ4v) is 5.32. The van der Waals surface area contributed by atoms with Crippen molar-refractivity contribution in [1.82, 2.24) is 4.90 Å². The maximum Gasteiger partial charge on any atom is 0.0443 e. The number of hydrogen-bond donors (Lipinski definition) is 0. The van der Waals surface area contributed by atoms with Crippen LogP contribution in [0.25, 0.3) is 5.57 Å². The highest BCUT2D eigenvalue weighted by Crippen LogP contribution is 2.50. The van der Waals surface area contributed by atoms with Gasteiger partial charge in [-0.25, -0.2) is 0 Å². The SMILES string of the molecule is CCCN1CCN(c2ccccc2C2=CCC3(CCCC3)CC2)CC1. The van der Waals surface area contributed by atoms with E-state index >= 15 is 0 Å². The first kappa shape index (κ1) is 17.1. The third-order valence-electron chi connectivity index (χ3n) is 6.87. The number of hydrogen-bond acceptors (Lipinski definition) is 2. The lowest BCUT2D eigenvalue weighted by Crippen LogP contribution is -2.46. The van der Waals surface area contributed by atoms with Crippen molar-refractivity contribution < 1.29 is 0 Å². The van der Waals surface area contributed by atoms with Crippen molar-refractivity contribution in [3.05, 3.63) is 35.9 Å². The monoisotopic (exact) mass is 338 g/mol. The predicted molar refractivity (Wildman–Crippen MR) is 108 cm³/mol. The quantitative estimate of drug-likeness (QED) is 0.730. The molecule has 2 nitrogen and oxygen atoms in total. The van der Waals surface area contributed by atoms with Crippen molar-refractivity contribution in [2.45, 2.75) is 58.3 Å². The molecule has 2 fully saturated rings. The zero-order chi connectivity index (χ0) is 17.1. The maximum absolute atomic E-state index is 2.63. The molecule has 2 heteroatoms. The Morgan fingerprint density at radius 2 is 1.72 bits per heavy atom. The summed E-state index contributed by atoms with van der Waals surface area (Å²) in [5, 5.41) is 0. The Kier molecular flexibility index (Phi) is 5.17. The maximum atomic E-state index is 2.63. The van der Waals surface area contributed by atoms with E-state index in [2.05, 4.69) is 47.1 Å². The van der Waals surface area contributed by atoms with Crippen LogP contribution in [-0.2, 0) is 0 Å². The number of benzene rings is 1. The minimum absolute atomic E-state index is 0.671. The summed E-state index contributed by atoms with van der Waals surface area (Å²) in [6, 6.07) is 9.17. The topological polar surface area (TPSA) is 6.48 Å². The first-order valence-electron chi connectivity index (χ1n) is 10.6. The van der Waals surface area contributed by atoms with Gasteiger partial charge in [-0.05, 0) is 62.1 Å². The van der Waals surface area contributed by atoms with Gasteiger partial charge in [0.15, 0.2) is 0 Å². The number of allylic oxidation sites excluding steroid dienone is 2. The smallest absolute Gasteiger partial charge is 0.0443 e. The van der Waals surface area contributed by atoms with Crippen LogP contribution in [0.4, 0.5) is 5.69 Å². The highest BCUT2D eigenvalue weighted by molar-refractivity contribution is 5.77. The van der Waals surface area contributed by atoms with Crippen LogP contribution < -0.4 is 4.90 Å². The lowest BCUT2D eigenvalue weighted by Gasteiger charge is -2.38. The van der Waals surface area contributed by atoms with Gasteiger partial charge in [-0.1, -0.05) is 44.0 Å². The Hall–Kier alpha value is -1.28. The third kappa shape index (κ3) is 3.65. The van der Waals surface area contributed by atoms with E-state index in [1.165, 1.54) is 95.3 Å². The van der Waals surface area contributed by atoms with E-state index in [1.807, 2.05) is 0 Å². The summed E-state index contributed by atoms with van der Waals surface area (Å²) in [6.07, 6.45) is 13.7. The number of piperazine rings is 1. The summed E-state index contributed by atoms with van der Waals surface area (Å²) in [7, 11) is 0. The highest BCUT2D eigenvalue weighted by Gasteiger charge is 2.35. The molecular weight excluding hydrogens is 304 g/mol. The fraction of sp³-hybridized carbons (Fsp3) is 0.652. The molecule has 1 aromatic carbocycles. The normalized spacial score (nSPS) is 23.9. The summed E-state index contributed by atoms with van der Waals surface area (Å²) in [6.45, 7) is 8.31.